The molecule has 0 fully saturated rings. The molecular weight excluding hydrogens is 496 g/mol. The van der Waals surface area contributed by atoms with Crippen molar-refractivity contribution in [1.29, 1.82) is 0 Å². The summed E-state index contributed by atoms with van der Waals surface area (Å²) in [6, 6.07) is 24.8. The van der Waals surface area contributed by atoms with Crippen LogP contribution in [0.1, 0.15) is 22.3 Å². The Morgan fingerprint density at radius 1 is 0.513 bits per heavy atom. The molecule has 2 N–H and O–H groups in total. The van der Waals surface area contributed by atoms with Gasteiger partial charge in [0.25, 0.3) is 0 Å². The molecule has 39 heavy (non-hydrogen) atoms. The smallest absolute Gasteiger partial charge is 0.135 e. The van der Waals surface area contributed by atoms with Gasteiger partial charge in [-0.3, -0.25) is 0 Å². The molecule has 200 valence electrons. The van der Waals surface area contributed by atoms with E-state index in [1.807, 2.05) is 48.5 Å². The molecule has 0 unspecified atom stereocenters. The van der Waals surface area contributed by atoms with E-state index >= 15 is 0 Å². The van der Waals surface area contributed by atoms with Crippen LogP contribution in [0.15, 0.2) is 84.9 Å². The number of hydrogen-bond donors (Lipinski definition) is 2. The van der Waals surface area contributed by atoms with E-state index in [-0.39, 0.29) is 11.5 Å². The Bertz CT molecular complexity index is 1390. The van der Waals surface area contributed by atoms with E-state index in [2.05, 4.69) is 0 Å². The van der Waals surface area contributed by atoms with Crippen molar-refractivity contribution in [3.05, 3.63) is 107 Å². The first-order chi connectivity index (χ1) is 18.9. The van der Waals surface area contributed by atoms with Gasteiger partial charge in [0, 0.05) is 23.3 Å². The van der Waals surface area contributed by atoms with Gasteiger partial charge in [0.05, 0.1) is 28.4 Å². The maximum absolute atomic E-state index is 10.2. The number of benzene rings is 4. The summed E-state index contributed by atoms with van der Waals surface area (Å²) >= 11 is 0. The van der Waals surface area contributed by atoms with Gasteiger partial charge in [0.15, 0.2) is 0 Å². The normalized spacial score (nSPS) is 11.6. The van der Waals surface area contributed by atoms with Gasteiger partial charge >= 0.3 is 0 Å². The second kappa shape index (κ2) is 12.5. The van der Waals surface area contributed by atoms with Crippen LogP contribution in [0.25, 0.3) is 23.7 Å². The number of hydrogen-bond acceptors (Lipinski definition) is 7. The number of methoxy groups -OCH3 is 4. The molecule has 0 bridgehead atoms. The van der Waals surface area contributed by atoms with Crippen molar-refractivity contribution < 1.29 is 33.9 Å². The lowest BCUT2D eigenvalue weighted by Crippen LogP contribution is -1.96. The van der Waals surface area contributed by atoms with E-state index < -0.39 is 0 Å². The number of aromatic hydroxyl groups is 2. The van der Waals surface area contributed by atoms with E-state index in [9.17, 15) is 10.2 Å². The predicted octanol–water partition coefficient (Wildman–Crippen LogP) is 6.85. The van der Waals surface area contributed by atoms with Gasteiger partial charge in [0.1, 0.15) is 46.0 Å². The summed E-state index contributed by atoms with van der Waals surface area (Å²) in [4.78, 5) is 0. The molecule has 0 saturated heterocycles. The minimum Gasteiger partial charge on any atom is -0.508 e. The molecule has 0 aromatic heterocycles. The van der Waals surface area contributed by atoms with Gasteiger partial charge in [-0.1, -0.05) is 24.3 Å². The van der Waals surface area contributed by atoms with Crippen molar-refractivity contribution in [3.8, 4) is 34.5 Å². The zero-order valence-corrected chi connectivity index (χ0v) is 22.2. The lowest BCUT2D eigenvalue weighted by Gasteiger charge is -2.16. The summed E-state index contributed by atoms with van der Waals surface area (Å²) in [5, 5.41) is 20.5. The van der Waals surface area contributed by atoms with E-state index in [0.29, 0.717) is 45.6 Å². The Balaban J connectivity index is 1.90. The average Bonchev–Trinajstić information content (AvgIpc) is 2.95. The minimum atomic E-state index is 0.0565. The molecule has 0 aliphatic heterocycles. The largest absolute Gasteiger partial charge is 0.508 e. The average molecular weight is 527 g/mol. The molecule has 4 rings (SSSR count). The Hall–Kier alpha value is -5.04. The Kier molecular flexibility index (Phi) is 8.64. The lowest BCUT2D eigenvalue weighted by molar-refractivity contribution is 0.407. The Morgan fingerprint density at radius 2 is 0.923 bits per heavy atom. The van der Waals surface area contributed by atoms with Crippen LogP contribution in [-0.4, -0.2) is 38.7 Å². The predicted molar refractivity (Wildman–Crippen MR) is 152 cm³/mol. The number of phenols is 2. The third-order valence-electron chi connectivity index (χ3n) is 5.82. The Labute approximate surface area is 227 Å². The van der Waals surface area contributed by atoms with Crippen molar-refractivity contribution in [2.45, 2.75) is 0 Å². The number of ether oxygens (including phenoxy) is 5. The summed E-state index contributed by atoms with van der Waals surface area (Å²) in [5.41, 5.74) is 2.79. The van der Waals surface area contributed by atoms with E-state index in [0.717, 1.165) is 11.1 Å². The zero-order valence-electron chi connectivity index (χ0n) is 22.2. The highest BCUT2D eigenvalue weighted by Crippen LogP contribution is 2.34. The topological polar surface area (TPSA) is 86.6 Å². The Morgan fingerprint density at radius 3 is 1.31 bits per heavy atom. The van der Waals surface area contributed by atoms with Gasteiger partial charge in [-0.2, -0.15) is 0 Å². The first kappa shape index (κ1) is 27.0. The molecule has 0 spiro atoms. The monoisotopic (exact) mass is 526 g/mol. The van der Waals surface area contributed by atoms with Crippen molar-refractivity contribution >= 4 is 23.7 Å². The molecule has 0 atom stereocenters. The quantitative estimate of drug-likeness (QED) is 0.173. The molecule has 0 heterocycles. The highest BCUT2D eigenvalue weighted by Gasteiger charge is 2.14. The molecule has 0 aliphatic carbocycles. The molecule has 0 radical (unpaired) electrons. The third-order valence-corrected chi connectivity index (χ3v) is 5.82. The third kappa shape index (κ3) is 7.05. The molecule has 4 aromatic carbocycles. The van der Waals surface area contributed by atoms with E-state index in [1.54, 1.807) is 50.6 Å². The summed E-state index contributed by atoms with van der Waals surface area (Å²) in [6.45, 7) is 0. The molecule has 0 aliphatic rings. The highest BCUT2D eigenvalue weighted by atomic mass is 16.5. The van der Waals surface area contributed by atoms with E-state index in [1.165, 1.54) is 26.4 Å². The van der Waals surface area contributed by atoms with Crippen LogP contribution in [0, 0.1) is 0 Å². The van der Waals surface area contributed by atoms with Gasteiger partial charge in [-0.25, -0.2) is 0 Å². The van der Waals surface area contributed by atoms with Crippen LogP contribution in [0.3, 0.4) is 0 Å². The van der Waals surface area contributed by atoms with Crippen LogP contribution in [-0.2, 0) is 4.74 Å². The van der Waals surface area contributed by atoms with Gasteiger partial charge in [-0.15, -0.1) is 0 Å². The molecular formula is C32H30O7. The van der Waals surface area contributed by atoms with Gasteiger partial charge < -0.3 is 33.9 Å². The van der Waals surface area contributed by atoms with Gasteiger partial charge in [-0.05, 0) is 71.8 Å². The van der Waals surface area contributed by atoms with Crippen LogP contribution < -0.4 is 18.9 Å². The molecule has 0 saturated carbocycles. The summed E-state index contributed by atoms with van der Waals surface area (Å²) in [7, 11) is 6.27. The molecule has 4 aromatic rings. The second-order valence-corrected chi connectivity index (χ2v) is 8.51. The number of rotatable bonds is 10. The van der Waals surface area contributed by atoms with Gasteiger partial charge in [0.2, 0.25) is 0 Å². The fourth-order valence-corrected chi connectivity index (χ4v) is 3.93. The molecule has 7 heteroatoms. The fourth-order valence-electron chi connectivity index (χ4n) is 3.93. The molecule has 0 amide bonds. The maximum Gasteiger partial charge on any atom is 0.135 e. The first-order valence-corrected chi connectivity index (χ1v) is 12.1. The first-order valence-electron chi connectivity index (χ1n) is 12.1. The van der Waals surface area contributed by atoms with Crippen molar-refractivity contribution in [2.75, 3.05) is 28.4 Å². The van der Waals surface area contributed by atoms with Crippen LogP contribution in [0.5, 0.6) is 34.5 Å². The SMILES string of the molecule is COc1cc(O)cc(/C=C(/O/C(=C/c2cc(O)cc(OC)c2)c2cccc(OC)c2)c2cccc(OC)c2)c1. The number of phenolic OH excluding ortho intramolecular Hbond substituents is 2. The van der Waals surface area contributed by atoms with E-state index in [4.69, 9.17) is 23.7 Å². The highest BCUT2D eigenvalue weighted by molar-refractivity contribution is 5.86. The summed E-state index contributed by atoms with van der Waals surface area (Å²) < 4.78 is 28.2. The second-order valence-electron chi connectivity index (χ2n) is 8.51. The standard InChI is InChI=1S/C32H30O7/c1-35-27-9-5-7-23(17-27)31(15-21-11-25(33)19-29(13-21)37-3)39-32(24-8-6-10-28(18-24)36-2)16-22-12-26(34)20-30(14-22)38-4/h5-20,33-34H,1-4H3/b31-15+,32-16+. The van der Waals surface area contributed by atoms with Crippen LogP contribution in [0.4, 0.5) is 0 Å². The maximum atomic E-state index is 10.2. The fraction of sp³-hybridized carbons (Fsp3) is 0.125. The minimum absolute atomic E-state index is 0.0565. The van der Waals surface area contributed by atoms with Crippen molar-refractivity contribution in [2.24, 2.45) is 0 Å². The van der Waals surface area contributed by atoms with Crippen LogP contribution in [0.2, 0.25) is 0 Å². The summed E-state index contributed by atoms with van der Waals surface area (Å²) in [6.07, 6.45) is 3.60. The van der Waals surface area contributed by atoms with Crippen molar-refractivity contribution in [3.63, 3.8) is 0 Å². The molecule has 7 nitrogen and oxygen atoms in total. The van der Waals surface area contributed by atoms with Crippen LogP contribution >= 0.6 is 0 Å². The zero-order chi connectivity index (χ0) is 27.8. The summed E-state index contributed by atoms with van der Waals surface area (Å²) in [5.74, 6) is 3.37. The van der Waals surface area contributed by atoms with Crippen molar-refractivity contribution in [1.82, 2.24) is 0 Å². The lowest BCUT2D eigenvalue weighted by atomic mass is 10.1.